The summed E-state index contributed by atoms with van der Waals surface area (Å²) in [6, 6.07) is 64.5. The number of ether oxygens (including phenoxy) is 1. The average Bonchev–Trinajstić information content (AvgIpc) is 1.64. The van der Waals surface area contributed by atoms with Gasteiger partial charge in [0.25, 0.3) is 23.6 Å². The number of amides is 8. The summed E-state index contributed by atoms with van der Waals surface area (Å²) in [5, 5.41) is 47.0. The number of anilines is 4. The highest BCUT2D eigenvalue weighted by atomic mass is 16.5. The number of carbonyl (C=O) groups is 12. The van der Waals surface area contributed by atoms with Crippen molar-refractivity contribution in [2.75, 3.05) is 34.5 Å². The van der Waals surface area contributed by atoms with Gasteiger partial charge in [-0.15, -0.1) is 0 Å². The second kappa shape index (κ2) is 44.4. The predicted molar refractivity (Wildman–Crippen MR) is 508 cm³/mol. The molecule has 4 atom stereocenters. The number of nitriles is 4. The lowest BCUT2D eigenvalue weighted by molar-refractivity contribution is -0.127. The Morgan fingerprint density at radius 2 is 0.581 bits per heavy atom. The van der Waals surface area contributed by atoms with Crippen LogP contribution in [-0.2, 0) is 64.5 Å². The zero-order valence-electron chi connectivity index (χ0n) is 75.3. The third-order valence-electron chi connectivity index (χ3n) is 24.5. The van der Waals surface area contributed by atoms with Crippen LogP contribution in [0.1, 0.15) is 225 Å². The number of aryl methyl sites for hydroxylation is 4. The molecule has 12 N–H and O–H groups in total. The zero-order chi connectivity index (χ0) is 97.0. The molecule has 33 heteroatoms. The Balaban J connectivity index is 0.000000153. The number of nitrogens with one attached hydrogen (secondary N) is 4. The van der Waals surface area contributed by atoms with Crippen LogP contribution in [0.4, 0.5) is 23.8 Å². The second-order valence-corrected chi connectivity index (χ2v) is 33.7. The first kappa shape index (κ1) is 96.8. The number of hydrogen-bond donors (Lipinski definition) is 8. The number of hydrogen-bond acceptors (Lipinski definition) is 21. The topological polar surface area (TPSA) is 533 Å². The van der Waals surface area contributed by atoms with Crippen LogP contribution in [0.5, 0.6) is 0 Å². The van der Waals surface area contributed by atoms with Crippen molar-refractivity contribution < 1.29 is 62.3 Å². The normalized spacial score (nSPS) is 13.7. The van der Waals surface area contributed by atoms with Crippen molar-refractivity contribution in [1.82, 2.24) is 38.2 Å². The number of benzene rings is 9. The van der Waals surface area contributed by atoms with Crippen molar-refractivity contribution in [3.63, 3.8) is 0 Å². The highest BCUT2D eigenvalue weighted by Gasteiger charge is 2.35. The van der Waals surface area contributed by atoms with E-state index in [2.05, 4.69) is 41.2 Å². The van der Waals surface area contributed by atoms with Gasteiger partial charge in [-0.1, -0.05) is 95.1 Å². The zero-order valence-corrected chi connectivity index (χ0v) is 75.3. The van der Waals surface area contributed by atoms with Crippen molar-refractivity contribution in [2.45, 2.75) is 155 Å². The van der Waals surface area contributed by atoms with Crippen LogP contribution >= 0.6 is 0 Å². The first-order chi connectivity index (χ1) is 65.5. The van der Waals surface area contributed by atoms with Gasteiger partial charge in [-0.05, 0) is 206 Å². The summed E-state index contributed by atoms with van der Waals surface area (Å²) in [6.07, 6.45) is 7.82. The van der Waals surface area contributed by atoms with Crippen LogP contribution in [0.2, 0.25) is 0 Å². The SMILES string of the molecule is CC(C(=O)C1CC1)c1ccc2c(c1)nc(NC(=O)c1ccc(C#N)cc1)n2CCC(N)=O.CC(C(=O)C1CCCC1)c1ccc2c(c1)nc(NC(=O)c1ccc(C#N)cc1)n2CCC(N)=O.CC(C(=O)C1CCOCC1)c1ccc2c(c1)nc(NC(=O)c1ccc(C#N)cc1)n2CCC(N)=O.CC(C(=O)c1ccccc1)c1ccc2c(c1)nc(NC(=O)c1ccc(C#N)cc1)n2CCC(N)=O. The van der Waals surface area contributed by atoms with E-state index in [4.69, 9.17) is 48.7 Å². The highest BCUT2D eigenvalue weighted by Crippen LogP contribution is 2.39. The minimum Gasteiger partial charge on any atom is -0.381 e. The Morgan fingerprint density at radius 1 is 0.331 bits per heavy atom. The van der Waals surface area contributed by atoms with Crippen LogP contribution in [0.15, 0.2) is 200 Å². The molecule has 13 aromatic rings. The molecule has 3 aliphatic rings. The predicted octanol–water partition coefficient (Wildman–Crippen LogP) is 14.2. The fraction of sp³-hybridized carbons (Fsp3) is 0.282. The molecule has 16 rings (SSSR count). The monoisotopic (exact) mass is 1820 g/mol. The largest absolute Gasteiger partial charge is 0.381 e. The van der Waals surface area contributed by atoms with E-state index >= 15 is 0 Å². The number of aromatic nitrogens is 8. The first-order valence-corrected chi connectivity index (χ1v) is 44.7. The molecule has 9 aromatic carbocycles. The van der Waals surface area contributed by atoms with E-state index in [0.717, 1.165) is 90.2 Å². The Morgan fingerprint density at radius 3 is 0.831 bits per heavy atom. The maximum Gasteiger partial charge on any atom is 0.257 e. The van der Waals surface area contributed by atoms with Crippen LogP contribution in [0.25, 0.3) is 44.1 Å². The Bertz CT molecular complexity index is 6930. The third kappa shape index (κ3) is 23.9. The van der Waals surface area contributed by atoms with Crippen LogP contribution < -0.4 is 44.2 Å². The lowest BCUT2D eigenvalue weighted by atomic mass is 9.84. The van der Waals surface area contributed by atoms with E-state index in [-0.39, 0.29) is 146 Å². The number of ketones is 4. The molecule has 136 heavy (non-hydrogen) atoms. The fourth-order valence-corrected chi connectivity index (χ4v) is 16.4. The minimum absolute atomic E-state index is 0.00699. The summed E-state index contributed by atoms with van der Waals surface area (Å²) < 4.78 is 12.3. The fourth-order valence-electron chi connectivity index (χ4n) is 16.4. The lowest BCUT2D eigenvalue weighted by Gasteiger charge is -2.24. The van der Waals surface area contributed by atoms with Gasteiger partial charge in [-0.25, -0.2) is 19.9 Å². The van der Waals surface area contributed by atoms with Gasteiger partial charge in [0, 0.05) is 134 Å². The number of carbonyl (C=O) groups excluding carboxylic acids is 12. The molecule has 1 aliphatic heterocycles. The van der Waals surface area contributed by atoms with Crippen molar-refractivity contribution in [3.8, 4) is 24.3 Å². The van der Waals surface area contributed by atoms with E-state index in [1.54, 1.807) is 127 Å². The number of rotatable bonds is 32. The lowest BCUT2D eigenvalue weighted by Crippen LogP contribution is -2.26. The van der Waals surface area contributed by atoms with E-state index < -0.39 is 41.4 Å². The molecule has 4 aromatic heterocycles. The molecule has 0 radical (unpaired) electrons. The van der Waals surface area contributed by atoms with E-state index in [1.807, 2.05) is 143 Å². The van der Waals surface area contributed by atoms with Gasteiger partial charge in [0.2, 0.25) is 47.4 Å². The van der Waals surface area contributed by atoms with E-state index in [0.29, 0.717) is 90.9 Å². The highest BCUT2D eigenvalue weighted by molar-refractivity contribution is 6.08. The van der Waals surface area contributed by atoms with Gasteiger partial charge in [0.1, 0.15) is 17.3 Å². The Labute approximate surface area is 782 Å². The number of nitrogens with two attached hydrogens (primary N) is 4. The summed E-state index contributed by atoms with van der Waals surface area (Å²) >= 11 is 0. The molecule has 3 fully saturated rings. The first-order valence-electron chi connectivity index (χ1n) is 44.7. The Hall–Kier alpha value is -16.8. The second-order valence-electron chi connectivity index (χ2n) is 33.7. The number of fused-ring (bicyclic) bond motifs is 4. The smallest absolute Gasteiger partial charge is 0.257 e. The van der Waals surface area contributed by atoms with Crippen LogP contribution in [-0.4, -0.2) is 122 Å². The average molecular weight is 1830 g/mol. The molecule has 4 unspecified atom stereocenters. The van der Waals surface area contributed by atoms with Crippen molar-refractivity contribution in [2.24, 2.45) is 40.7 Å². The number of nitrogens with zero attached hydrogens (tertiary/aromatic N) is 12. The maximum absolute atomic E-state index is 13.0. The third-order valence-corrected chi connectivity index (χ3v) is 24.5. The molecule has 5 heterocycles. The summed E-state index contributed by atoms with van der Waals surface area (Å²) in [5.74, 6) is -2.51. The van der Waals surface area contributed by atoms with E-state index in [9.17, 15) is 57.5 Å². The Kier molecular flexibility index (Phi) is 31.6. The van der Waals surface area contributed by atoms with Gasteiger partial charge in [0.05, 0.1) is 90.7 Å². The van der Waals surface area contributed by atoms with Crippen molar-refractivity contribution in [3.05, 3.63) is 273 Å². The van der Waals surface area contributed by atoms with Crippen LogP contribution in [0, 0.1) is 63.1 Å². The van der Waals surface area contributed by atoms with Gasteiger partial charge in [0.15, 0.2) is 5.78 Å². The molecular weight excluding hydrogens is 1730 g/mol. The molecule has 0 spiro atoms. The van der Waals surface area contributed by atoms with Crippen LogP contribution in [0.3, 0.4) is 0 Å². The molecular formula is C103H100N20O13. The van der Waals surface area contributed by atoms with Gasteiger partial charge in [-0.2, -0.15) is 21.0 Å². The molecule has 2 saturated carbocycles. The number of Topliss-reactive ketones (excluding diaryl/α,β-unsaturated/α-hetero) is 4. The van der Waals surface area contributed by atoms with Crippen molar-refractivity contribution >= 4 is 138 Å². The summed E-state index contributed by atoms with van der Waals surface area (Å²) in [4.78, 5) is 167. The molecule has 690 valence electrons. The summed E-state index contributed by atoms with van der Waals surface area (Å²) in [6.45, 7) is 9.76. The molecule has 2 aliphatic carbocycles. The molecule has 8 amide bonds. The molecule has 33 nitrogen and oxygen atoms in total. The number of imidazole rings is 4. The molecule has 0 bridgehead atoms. The van der Waals surface area contributed by atoms with Gasteiger partial charge in [-0.3, -0.25) is 78.8 Å². The van der Waals surface area contributed by atoms with E-state index in [1.165, 1.54) is 0 Å². The maximum atomic E-state index is 13.0. The standard InChI is InChI=1S/C27H23N5O3.C26H27N5O4.C26H27N5O3.C24H23N5O3/c1-17(25(34)19-5-3-2-4-6-19)21-11-12-23-22(15-21)30-27(32(23)14-13-24(29)33)31-26(35)20-9-7-18(16-28)8-10-20;1-16(24(33)18-9-12-35-13-10-18)20-6-7-22-21(14-20)29-26(31(22)11-8-23(28)32)30-25(34)19-4-2-17(15-27)3-5-19;1-16(24(33)18-4-2-3-5-18)20-10-11-22-21(14-20)29-26(31(22)13-12-23(28)32)30-25(34)19-8-6-17(15-27)7-9-19;1-14(22(31)16-6-7-16)18-8-9-20-19(12-18)27-24(29(20)11-10-21(26)30)28-23(32)17-4-2-15(13-25)3-5-17/h2-12,15,17H,13-14H2,1H3,(H2,29,33)(H,30,31,35);2-7,14,16,18H,8-13H2,1H3,(H2,28,32)(H,29,30,34);6-11,14,16,18H,2-5,12-13H2,1H3,(H2,28,32)(H,29,30,34);2-5,8-9,12,14,16H,6-7,10-11H2,1H3,(H2,26,30)(H,27,28,32). The minimum atomic E-state index is -0.477. The summed E-state index contributed by atoms with van der Waals surface area (Å²) in [5.41, 5.74) is 34.0. The quantitative estimate of drug-likeness (QED) is 0.0182. The summed E-state index contributed by atoms with van der Waals surface area (Å²) in [7, 11) is 0. The van der Waals surface area contributed by atoms with Gasteiger partial charge < -0.3 is 45.9 Å². The molecule has 1 saturated heterocycles. The van der Waals surface area contributed by atoms with Crippen molar-refractivity contribution in [1.29, 1.82) is 21.0 Å². The number of primary amides is 4. The van der Waals surface area contributed by atoms with Gasteiger partial charge >= 0.3 is 0 Å².